The Hall–Kier alpha value is -1.36. The van der Waals surface area contributed by atoms with Gasteiger partial charge in [-0.3, -0.25) is 4.79 Å². The fraction of sp³-hybridized carbons (Fsp3) is 0.462. The summed E-state index contributed by atoms with van der Waals surface area (Å²) < 4.78 is 22.6. The van der Waals surface area contributed by atoms with Gasteiger partial charge in [0, 0.05) is 24.1 Å². The van der Waals surface area contributed by atoms with Crippen LogP contribution < -0.4 is 5.32 Å². The first-order valence-corrected chi connectivity index (χ1v) is 8.85. The topological polar surface area (TPSA) is 83.5 Å². The smallest absolute Gasteiger partial charge is 0.252 e. The summed E-state index contributed by atoms with van der Waals surface area (Å²) >= 11 is 1.34. The highest BCUT2D eigenvalue weighted by Gasteiger charge is 2.10. The summed E-state index contributed by atoms with van der Waals surface area (Å²) in [5.74, 6) is 5.34. The van der Waals surface area contributed by atoms with Crippen molar-refractivity contribution in [1.82, 2.24) is 5.32 Å². The number of carbonyl (C=O) groups is 1. The maximum atomic E-state index is 11.8. The van der Waals surface area contributed by atoms with Gasteiger partial charge in [0.2, 0.25) is 0 Å². The molecule has 0 fully saturated rings. The number of sulfone groups is 1. The highest BCUT2D eigenvalue weighted by molar-refractivity contribution is 7.91. The van der Waals surface area contributed by atoms with Crippen molar-refractivity contribution in [2.24, 2.45) is 0 Å². The predicted octanol–water partition coefficient (Wildman–Crippen LogP) is 0.647. The van der Waals surface area contributed by atoms with Gasteiger partial charge in [0.25, 0.3) is 5.91 Å². The Balaban J connectivity index is 2.51. The van der Waals surface area contributed by atoms with Gasteiger partial charge in [0.1, 0.15) is 0 Å². The summed E-state index contributed by atoms with van der Waals surface area (Å²) in [5.41, 5.74) is 0.470. The second kappa shape index (κ2) is 8.04. The molecule has 0 aromatic carbocycles. The van der Waals surface area contributed by atoms with Crippen LogP contribution in [0.4, 0.5) is 0 Å². The molecule has 0 radical (unpaired) electrons. The Labute approximate surface area is 122 Å². The standard InChI is InChI=1S/C13H17NO4S2/c1-2-20(17,18)8-6-14-13(16)11-9-12(19-10-11)5-3-4-7-15/h9-10,15H,2,4,6-8H2,1H3,(H,14,16). The van der Waals surface area contributed by atoms with E-state index in [2.05, 4.69) is 17.2 Å². The van der Waals surface area contributed by atoms with Crippen LogP contribution in [0.25, 0.3) is 0 Å². The predicted molar refractivity (Wildman–Crippen MR) is 79.6 cm³/mol. The molecular weight excluding hydrogens is 298 g/mol. The summed E-state index contributed by atoms with van der Waals surface area (Å²) in [6, 6.07) is 1.65. The summed E-state index contributed by atoms with van der Waals surface area (Å²) in [5, 5.41) is 12.9. The molecule has 0 saturated heterocycles. The van der Waals surface area contributed by atoms with Crippen molar-refractivity contribution in [2.45, 2.75) is 13.3 Å². The molecule has 7 heteroatoms. The molecular formula is C13H17NO4S2. The van der Waals surface area contributed by atoms with Crippen LogP contribution in [-0.4, -0.2) is 44.1 Å². The van der Waals surface area contributed by atoms with E-state index in [0.717, 1.165) is 4.88 Å². The molecule has 20 heavy (non-hydrogen) atoms. The van der Waals surface area contributed by atoms with Crippen LogP contribution in [0, 0.1) is 11.8 Å². The van der Waals surface area contributed by atoms with E-state index in [1.807, 2.05) is 0 Å². The number of thiophene rings is 1. The number of nitrogens with one attached hydrogen (secondary N) is 1. The van der Waals surface area contributed by atoms with E-state index < -0.39 is 9.84 Å². The molecule has 1 heterocycles. The third-order valence-electron chi connectivity index (χ3n) is 2.45. The first kappa shape index (κ1) is 16.7. The zero-order valence-corrected chi connectivity index (χ0v) is 12.8. The molecule has 1 amide bonds. The molecule has 1 aromatic rings. The van der Waals surface area contributed by atoms with Gasteiger partial charge >= 0.3 is 0 Å². The number of aliphatic hydroxyl groups is 1. The average molecular weight is 315 g/mol. The molecule has 0 aliphatic heterocycles. The van der Waals surface area contributed by atoms with Gasteiger partial charge in [-0.1, -0.05) is 18.8 Å². The molecule has 0 atom stereocenters. The monoisotopic (exact) mass is 315 g/mol. The van der Waals surface area contributed by atoms with Crippen LogP contribution >= 0.6 is 11.3 Å². The minimum absolute atomic E-state index is 0.0115. The Morgan fingerprint density at radius 3 is 2.90 bits per heavy atom. The molecule has 0 aliphatic rings. The molecule has 0 spiro atoms. The fourth-order valence-corrected chi connectivity index (χ4v) is 2.75. The lowest BCUT2D eigenvalue weighted by molar-refractivity contribution is 0.0956. The Morgan fingerprint density at radius 1 is 1.50 bits per heavy atom. The van der Waals surface area contributed by atoms with E-state index in [4.69, 9.17) is 5.11 Å². The van der Waals surface area contributed by atoms with E-state index in [0.29, 0.717) is 12.0 Å². The van der Waals surface area contributed by atoms with Crippen molar-refractivity contribution in [3.05, 3.63) is 21.9 Å². The number of carbonyl (C=O) groups excluding carboxylic acids is 1. The maximum Gasteiger partial charge on any atom is 0.252 e. The van der Waals surface area contributed by atoms with Gasteiger partial charge in [-0.2, -0.15) is 0 Å². The molecule has 1 aromatic heterocycles. The van der Waals surface area contributed by atoms with E-state index >= 15 is 0 Å². The van der Waals surface area contributed by atoms with Crippen molar-refractivity contribution >= 4 is 27.1 Å². The van der Waals surface area contributed by atoms with Crippen molar-refractivity contribution in [3.8, 4) is 11.8 Å². The number of hydrogen-bond donors (Lipinski definition) is 2. The van der Waals surface area contributed by atoms with Crippen molar-refractivity contribution in [1.29, 1.82) is 0 Å². The lowest BCUT2D eigenvalue weighted by Crippen LogP contribution is -2.29. The van der Waals surface area contributed by atoms with Crippen LogP contribution in [0.2, 0.25) is 0 Å². The summed E-state index contributed by atoms with van der Waals surface area (Å²) in [4.78, 5) is 12.5. The number of amides is 1. The summed E-state index contributed by atoms with van der Waals surface area (Å²) in [7, 11) is -3.07. The fourth-order valence-electron chi connectivity index (χ4n) is 1.29. The second-order valence-corrected chi connectivity index (χ2v) is 7.35. The molecule has 110 valence electrons. The molecule has 1 rings (SSSR count). The van der Waals surface area contributed by atoms with Crippen molar-refractivity contribution in [2.75, 3.05) is 24.7 Å². The van der Waals surface area contributed by atoms with Crippen LogP contribution in [-0.2, 0) is 9.84 Å². The van der Waals surface area contributed by atoms with E-state index in [1.165, 1.54) is 11.3 Å². The van der Waals surface area contributed by atoms with E-state index in [-0.39, 0.29) is 30.6 Å². The van der Waals surface area contributed by atoms with Crippen molar-refractivity contribution in [3.63, 3.8) is 0 Å². The van der Waals surface area contributed by atoms with Crippen molar-refractivity contribution < 1.29 is 18.3 Å². The van der Waals surface area contributed by atoms with Crippen LogP contribution in [0.15, 0.2) is 11.4 Å². The van der Waals surface area contributed by atoms with Crippen LogP contribution in [0.1, 0.15) is 28.6 Å². The third kappa shape index (κ3) is 5.74. The normalized spacial score (nSPS) is 10.7. The Kier molecular flexibility index (Phi) is 6.71. The van der Waals surface area contributed by atoms with Gasteiger partial charge in [0.05, 0.1) is 22.8 Å². The SMILES string of the molecule is CCS(=O)(=O)CCNC(=O)c1csc(C#CCCO)c1. The Morgan fingerprint density at radius 2 is 2.25 bits per heavy atom. The largest absolute Gasteiger partial charge is 0.395 e. The molecule has 0 saturated carbocycles. The second-order valence-electron chi connectivity index (χ2n) is 3.97. The molecule has 0 bridgehead atoms. The lowest BCUT2D eigenvalue weighted by Gasteiger charge is -2.03. The van der Waals surface area contributed by atoms with Crippen LogP contribution in [0.3, 0.4) is 0 Å². The van der Waals surface area contributed by atoms with E-state index in [1.54, 1.807) is 18.4 Å². The summed E-state index contributed by atoms with van der Waals surface area (Å²) in [6.07, 6.45) is 0.397. The maximum absolute atomic E-state index is 11.8. The number of rotatable bonds is 6. The Bertz CT molecular complexity index is 608. The number of hydrogen-bond acceptors (Lipinski definition) is 5. The first-order chi connectivity index (χ1) is 9.48. The van der Waals surface area contributed by atoms with Crippen LogP contribution in [0.5, 0.6) is 0 Å². The molecule has 5 nitrogen and oxygen atoms in total. The zero-order chi connectivity index (χ0) is 15.0. The highest BCUT2D eigenvalue weighted by Crippen LogP contribution is 2.13. The molecule has 0 aliphatic carbocycles. The molecule has 0 unspecified atom stereocenters. The van der Waals surface area contributed by atoms with Gasteiger partial charge in [0.15, 0.2) is 9.84 Å². The zero-order valence-electron chi connectivity index (χ0n) is 11.2. The lowest BCUT2D eigenvalue weighted by atomic mass is 10.3. The highest BCUT2D eigenvalue weighted by atomic mass is 32.2. The minimum atomic E-state index is -3.07. The average Bonchev–Trinajstić information content (AvgIpc) is 2.88. The quantitative estimate of drug-likeness (QED) is 0.755. The third-order valence-corrected chi connectivity index (χ3v) is 5.00. The molecule has 2 N–H and O–H groups in total. The first-order valence-electron chi connectivity index (χ1n) is 6.15. The van der Waals surface area contributed by atoms with Gasteiger partial charge < -0.3 is 10.4 Å². The van der Waals surface area contributed by atoms with Gasteiger partial charge in [-0.25, -0.2) is 8.42 Å². The van der Waals surface area contributed by atoms with Gasteiger partial charge in [-0.15, -0.1) is 11.3 Å². The minimum Gasteiger partial charge on any atom is -0.395 e. The van der Waals surface area contributed by atoms with Gasteiger partial charge in [-0.05, 0) is 6.07 Å². The summed E-state index contributed by atoms with van der Waals surface area (Å²) in [6.45, 7) is 1.70. The van der Waals surface area contributed by atoms with E-state index in [9.17, 15) is 13.2 Å². The number of aliphatic hydroxyl groups excluding tert-OH is 1.